The summed E-state index contributed by atoms with van der Waals surface area (Å²) in [6.45, 7) is 3.96. The van der Waals surface area contributed by atoms with E-state index in [0.717, 1.165) is 21.4 Å². The maximum Gasteiger partial charge on any atom is 0.416 e. The van der Waals surface area contributed by atoms with E-state index in [1.54, 1.807) is 11.3 Å². The second-order valence-electron chi connectivity index (χ2n) is 4.47. The fraction of sp³-hybridized carbons (Fsp3) is 0.286. The van der Waals surface area contributed by atoms with Gasteiger partial charge in [-0.2, -0.15) is 13.2 Å². The van der Waals surface area contributed by atoms with Crippen LogP contribution in [0.15, 0.2) is 28.7 Å². The van der Waals surface area contributed by atoms with E-state index in [9.17, 15) is 13.2 Å². The molecular weight excluding hydrogens is 417 g/mol. The second-order valence-corrected chi connectivity index (χ2v) is 7.70. The van der Waals surface area contributed by atoms with Crippen LogP contribution >= 0.6 is 43.2 Å². The van der Waals surface area contributed by atoms with Crippen molar-refractivity contribution >= 4 is 43.2 Å². The molecule has 0 saturated heterocycles. The van der Waals surface area contributed by atoms with Gasteiger partial charge >= 0.3 is 6.18 Å². The minimum atomic E-state index is -4.33. The van der Waals surface area contributed by atoms with Gasteiger partial charge in [-0.3, -0.25) is 0 Å². The lowest BCUT2D eigenvalue weighted by Gasteiger charge is -2.15. The van der Waals surface area contributed by atoms with Crippen molar-refractivity contribution in [1.82, 2.24) is 0 Å². The zero-order valence-electron chi connectivity index (χ0n) is 10.7. The van der Waals surface area contributed by atoms with Crippen LogP contribution in [0.5, 0.6) is 0 Å². The third-order valence-corrected chi connectivity index (χ3v) is 5.64. The number of alkyl halides is 4. The summed E-state index contributed by atoms with van der Waals surface area (Å²) < 4.78 is 39.1. The number of hydrogen-bond donors (Lipinski definition) is 0. The Kier molecular flexibility index (Phi) is 4.66. The number of hydrogen-bond acceptors (Lipinski definition) is 1. The fourth-order valence-corrected chi connectivity index (χ4v) is 4.74. The zero-order valence-corrected chi connectivity index (χ0v) is 14.7. The van der Waals surface area contributed by atoms with Gasteiger partial charge in [0.05, 0.1) is 10.4 Å². The summed E-state index contributed by atoms with van der Waals surface area (Å²) in [5.41, 5.74) is 0.956. The number of rotatable bonds is 2. The van der Waals surface area contributed by atoms with E-state index in [2.05, 4.69) is 31.9 Å². The molecule has 0 radical (unpaired) electrons. The molecule has 0 fully saturated rings. The van der Waals surface area contributed by atoms with Crippen molar-refractivity contribution in [2.75, 3.05) is 0 Å². The lowest BCUT2D eigenvalue weighted by molar-refractivity contribution is -0.137. The van der Waals surface area contributed by atoms with Gasteiger partial charge in [0.25, 0.3) is 0 Å². The summed E-state index contributed by atoms with van der Waals surface area (Å²) in [5, 5.41) is 0. The topological polar surface area (TPSA) is 0 Å². The molecule has 1 aromatic carbocycles. The van der Waals surface area contributed by atoms with Gasteiger partial charge in [0.2, 0.25) is 0 Å². The van der Waals surface area contributed by atoms with Crippen LogP contribution in [0.25, 0.3) is 0 Å². The predicted octanol–water partition coefficient (Wildman–Crippen LogP) is 6.63. The fourth-order valence-electron chi connectivity index (χ4n) is 1.98. The number of benzene rings is 1. The molecule has 0 amide bonds. The van der Waals surface area contributed by atoms with Gasteiger partial charge in [-0.1, -0.05) is 31.9 Å². The van der Waals surface area contributed by atoms with E-state index in [1.165, 1.54) is 12.1 Å². The molecule has 6 heteroatoms. The first-order valence-corrected chi connectivity index (χ1v) is 8.30. The SMILES string of the molecule is Cc1cc(C(Br)c2cc(C(F)(F)F)ccc2Br)c(C)s1. The molecule has 0 spiro atoms. The van der Waals surface area contributed by atoms with E-state index in [1.807, 2.05) is 19.9 Å². The van der Waals surface area contributed by atoms with Gasteiger partial charge in [-0.15, -0.1) is 11.3 Å². The van der Waals surface area contributed by atoms with Crippen molar-refractivity contribution in [3.8, 4) is 0 Å². The van der Waals surface area contributed by atoms with Crippen molar-refractivity contribution in [2.24, 2.45) is 0 Å². The Bertz CT molecular complexity index is 632. The van der Waals surface area contributed by atoms with Crippen LogP contribution < -0.4 is 0 Å². The quantitative estimate of drug-likeness (QED) is 0.471. The second kappa shape index (κ2) is 5.81. The lowest BCUT2D eigenvalue weighted by atomic mass is 10.0. The molecule has 0 aliphatic rings. The highest BCUT2D eigenvalue weighted by molar-refractivity contribution is 9.11. The van der Waals surface area contributed by atoms with Crippen LogP contribution in [0.4, 0.5) is 13.2 Å². The van der Waals surface area contributed by atoms with Crippen molar-refractivity contribution in [3.05, 3.63) is 55.2 Å². The van der Waals surface area contributed by atoms with Crippen molar-refractivity contribution in [2.45, 2.75) is 24.9 Å². The summed E-state index contributed by atoms with van der Waals surface area (Å²) >= 11 is 8.49. The largest absolute Gasteiger partial charge is 0.416 e. The van der Waals surface area contributed by atoms with Crippen LogP contribution in [-0.2, 0) is 6.18 Å². The molecule has 2 rings (SSSR count). The van der Waals surface area contributed by atoms with E-state index in [4.69, 9.17) is 0 Å². The molecule has 0 aliphatic carbocycles. The van der Waals surface area contributed by atoms with Crippen LogP contribution in [-0.4, -0.2) is 0 Å². The molecule has 1 atom stereocenters. The van der Waals surface area contributed by atoms with Gasteiger partial charge in [0.1, 0.15) is 0 Å². The molecule has 20 heavy (non-hydrogen) atoms. The van der Waals surface area contributed by atoms with E-state index in [-0.39, 0.29) is 4.83 Å². The van der Waals surface area contributed by atoms with Gasteiger partial charge in [0, 0.05) is 14.2 Å². The Labute approximate surface area is 136 Å². The van der Waals surface area contributed by atoms with Gasteiger partial charge < -0.3 is 0 Å². The maximum atomic E-state index is 12.8. The van der Waals surface area contributed by atoms with Crippen LogP contribution in [0.1, 0.15) is 31.3 Å². The third-order valence-electron chi connectivity index (χ3n) is 2.95. The number of aryl methyl sites for hydroxylation is 2. The Morgan fingerprint density at radius 3 is 2.25 bits per heavy atom. The molecule has 2 aromatic rings. The van der Waals surface area contributed by atoms with Gasteiger partial charge in [-0.05, 0) is 49.2 Å². The Morgan fingerprint density at radius 1 is 1.10 bits per heavy atom. The molecule has 1 unspecified atom stereocenters. The first-order valence-electron chi connectivity index (χ1n) is 5.78. The first-order chi connectivity index (χ1) is 9.20. The molecule has 0 saturated carbocycles. The Morgan fingerprint density at radius 2 is 1.75 bits per heavy atom. The molecule has 0 aliphatic heterocycles. The number of thiophene rings is 1. The molecule has 0 nitrogen and oxygen atoms in total. The van der Waals surface area contributed by atoms with Gasteiger partial charge in [0.15, 0.2) is 0 Å². The minimum absolute atomic E-state index is 0.260. The molecule has 0 bridgehead atoms. The third kappa shape index (κ3) is 3.28. The highest BCUT2D eigenvalue weighted by Gasteiger charge is 2.31. The lowest BCUT2D eigenvalue weighted by Crippen LogP contribution is -2.06. The highest BCUT2D eigenvalue weighted by atomic mass is 79.9. The maximum absolute atomic E-state index is 12.8. The minimum Gasteiger partial charge on any atom is -0.166 e. The normalized spacial score (nSPS) is 13.6. The average molecular weight is 428 g/mol. The van der Waals surface area contributed by atoms with Crippen LogP contribution in [0, 0.1) is 13.8 Å². The summed E-state index contributed by atoms with van der Waals surface area (Å²) in [6, 6.07) is 5.72. The Hall–Kier alpha value is -0.330. The molecule has 108 valence electrons. The van der Waals surface area contributed by atoms with Crippen molar-refractivity contribution in [3.63, 3.8) is 0 Å². The Balaban J connectivity index is 2.49. The highest BCUT2D eigenvalue weighted by Crippen LogP contribution is 2.41. The van der Waals surface area contributed by atoms with Gasteiger partial charge in [-0.25, -0.2) is 0 Å². The summed E-state index contributed by atoms with van der Waals surface area (Å²) in [7, 11) is 0. The zero-order chi connectivity index (χ0) is 15.1. The average Bonchev–Trinajstić information content (AvgIpc) is 2.66. The first kappa shape index (κ1) is 16.0. The van der Waals surface area contributed by atoms with E-state index < -0.39 is 11.7 Å². The van der Waals surface area contributed by atoms with Crippen LogP contribution in [0.2, 0.25) is 0 Å². The molecule has 0 N–H and O–H groups in total. The van der Waals surface area contributed by atoms with E-state index >= 15 is 0 Å². The monoisotopic (exact) mass is 426 g/mol. The smallest absolute Gasteiger partial charge is 0.166 e. The van der Waals surface area contributed by atoms with Crippen molar-refractivity contribution < 1.29 is 13.2 Å². The standard InChI is InChI=1S/C14H11Br2F3S/c1-7-5-10(8(2)20-7)13(16)11-6-9(14(17,18)19)3-4-12(11)15/h3-6,13H,1-2H3. The molecule has 1 heterocycles. The van der Waals surface area contributed by atoms with Crippen molar-refractivity contribution in [1.29, 1.82) is 0 Å². The molecule has 1 aromatic heterocycles. The summed E-state index contributed by atoms with van der Waals surface area (Å²) in [6.07, 6.45) is -4.33. The number of halogens is 5. The predicted molar refractivity (Wildman–Crippen MR) is 83.7 cm³/mol. The van der Waals surface area contributed by atoms with E-state index in [0.29, 0.717) is 10.0 Å². The van der Waals surface area contributed by atoms with Crippen LogP contribution in [0.3, 0.4) is 0 Å². The summed E-state index contributed by atoms with van der Waals surface area (Å²) in [4.78, 5) is 1.99. The molecular formula is C14H11Br2F3S. The summed E-state index contributed by atoms with van der Waals surface area (Å²) in [5.74, 6) is 0.